The van der Waals surface area contributed by atoms with E-state index in [0.29, 0.717) is 68.3 Å². The minimum Gasteiger partial charge on any atom is -0.454 e. The van der Waals surface area contributed by atoms with Gasteiger partial charge in [0, 0.05) is 31.6 Å². The maximum absolute atomic E-state index is 13.1. The lowest BCUT2D eigenvalue weighted by atomic mass is 9.88. The lowest BCUT2D eigenvalue weighted by molar-refractivity contribution is -0.133. The number of amides is 3. The van der Waals surface area contributed by atoms with E-state index in [2.05, 4.69) is 10.6 Å². The van der Waals surface area contributed by atoms with Gasteiger partial charge in [-0.05, 0) is 54.9 Å². The van der Waals surface area contributed by atoms with Gasteiger partial charge in [0.25, 0.3) is 5.91 Å². The number of carbonyl (C=O) groups is 3. The molecule has 2 N–H and O–H groups in total. The smallest absolute Gasteiger partial charge is 0.252 e. The zero-order valence-corrected chi connectivity index (χ0v) is 21.0. The molecule has 0 radical (unpaired) electrons. The highest BCUT2D eigenvalue weighted by Gasteiger charge is 2.34. The van der Waals surface area contributed by atoms with Gasteiger partial charge >= 0.3 is 0 Å². The van der Waals surface area contributed by atoms with Crippen molar-refractivity contribution in [2.75, 3.05) is 26.4 Å². The second-order valence-electron chi connectivity index (χ2n) is 9.86. The van der Waals surface area contributed by atoms with Crippen LogP contribution in [0.15, 0.2) is 48.5 Å². The maximum Gasteiger partial charge on any atom is 0.252 e. The third-order valence-corrected chi connectivity index (χ3v) is 6.72. The molecular formula is C28H35N3O5. The van der Waals surface area contributed by atoms with Crippen LogP contribution >= 0.6 is 0 Å². The van der Waals surface area contributed by atoms with E-state index in [-0.39, 0.29) is 30.4 Å². The van der Waals surface area contributed by atoms with E-state index in [1.165, 1.54) is 0 Å². The number of benzene rings is 2. The van der Waals surface area contributed by atoms with Crippen molar-refractivity contribution in [1.82, 2.24) is 15.5 Å². The van der Waals surface area contributed by atoms with E-state index in [9.17, 15) is 14.4 Å². The fraction of sp³-hybridized carbons (Fsp3) is 0.464. The van der Waals surface area contributed by atoms with Gasteiger partial charge in [0.05, 0.1) is 0 Å². The van der Waals surface area contributed by atoms with Gasteiger partial charge in [-0.15, -0.1) is 0 Å². The number of ether oxygens (including phenoxy) is 2. The SMILES string of the molecule is CC(C)CNC(=O)C(NC(=O)c1ccc2c(c1)OCO2)C1CCN(C(=O)CCc2ccccc2)CC1. The number of piperidine rings is 1. The third-order valence-electron chi connectivity index (χ3n) is 6.72. The quantitative estimate of drug-likeness (QED) is 0.559. The van der Waals surface area contributed by atoms with Crippen LogP contribution in [0.3, 0.4) is 0 Å². The van der Waals surface area contributed by atoms with Crippen molar-refractivity contribution >= 4 is 17.7 Å². The molecule has 2 aliphatic heterocycles. The Kier molecular flexibility index (Phi) is 8.46. The van der Waals surface area contributed by atoms with Crippen molar-refractivity contribution in [3.05, 3.63) is 59.7 Å². The average Bonchev–Trinajstić information content (AvgIpc) is 3.37. The monoisotopic (exact) mass is 493 g/mol. The fourth-order valence-corrected chi connectivity index (χ4v) is 4.61. The molecule has 2 aromatic carbocycles. The Labute approximate surface area is 212 Å². The molecule has 192 valence electrons. The molecule has 4 rings (SSSR count). The topological polar surface area (TPSA) is 97.0 Å². The summed E-state index contributed by atoms with van der Waals surface area (Å²) in [6, 6.07) is 14.3. The molecule has 1 atom stereocenters. The van der Waals surface area contributed by atoms with Crippen LogP contribution in [0.25, 0.3) is 0 Å². The molecule has 1 saturated heterocycles. The number of nitrogens with one attached hydrogen (secondary N) is 2. The summed E-state index contributed by atoms with van der Waals surface area (Å²) in [5, 5.41) is 5.93. The highest BCUT2D eigenvalue weighted by molar-refractivity contribution is 5.98. The van der Waals surface area contributed by atoms with Crippen molar-refractivity contribution < 1.29 is 23.9 Å². The van der Waals surface area contributed by atoms with Gasteiger partial charge in [-0.2, -0.15) is 0 Å². The molecule has 2 aromatic rings. The summed E-state index contributed by atoms with van der Waals surface area (Å²) < 4.78 is 10.7. The van der Waals surface area contributed by atoms with Gasteiger partial charge in [-0.1, -0.05) is 44.2 Å². The molecule has 0 saturated carbocycles. The standard InChI is InChI=1S/C28H35N3O5/c1-19(2)17-29-28(34)26(30-27(33)22-9-10-23-24(16-22)36-18-35-23)21-12-14-31(15-13-21)25(32)11-8-20-6-4-3-5-7-20/h3-7,9-10,16,19,21,26H,8,11-15,17-18H2,1-2H3,(H,29,34)(H,30,33). The first-order valence-electron chi connectivity index (χ1n) is 12.7. The molecule has 36 heavy (non-hydrogen) atoms. The number of rotatable bonds is 9. The first kappa shape index (κ1) is 25.5. The van der Waals surface area contributed by atoms with Crippen molar-refractivity contribution in [1.29, 1.82) is 0 Å². The summed E-state index contributed by atoms with van der Waals surface area (Å²) in [5.41, 5.74) is 1.56. The number of carbonyl (C=O) groups excluding carboxylic acids is 3. The number of hydrogen-bond acceptors (Lipinski definition) is 5. The summed E-state index contributed by atoms with van der Waals surface area (Å²) >= 11 is 0. The van der Waals surface area contributed by atoms with Gasteiger partial charge in [0.1, 0.15) is 6.04 Å². The molecule has 1 fully saturated rings. The van der Waals surface area contributed by atoms with Crippen LogP contribution < -0.4 is 20.1 Å². The second-order valence-corrected chi connectivity index (χ2v) is 9.86. The summed E-state index contributed by atoms with van der Waals surface area (Å²) in [7, 11) is 0. The molecule has 8 nitrogen and oxygen atoms in total. The first-order chi connectivity index (χ1) is 17.4. The number of fused-ring (bicyclic) bond motifs is 1. The van der Waals surface area contributed by atoms with E-state index in [1.54, 1.807) is 18.2 Å². The van der Waals surface area contributed by atoms with Gasteiger partial charge < -0.3 is 25.0 Å². The van der Waals surface area contributed by atoms with Gasteiger partial charge in [-0.25, -0.2) is 0 Å². The largest absolute Gasteiger partial charge is 0.454 e. The van der Waals surface area contributed by atoms with E-state index in [1.807, 2.05) is 49.1 Å². The fourth-order valence-electron chi connectivity index (χ4n) is 4.61. The third kappa shape index (κ3) is 6.56. The Bertz CT molecular complexity index is 1060. The normalized spacial score (nSPS) is 16.0. The van der Waals surface area contributed by atoms with E-state index < -0.39 is 6.04 Å². The highest BCUT2D eigenvalue weighted by atomic mass is 16.7. The maximum atomic E-state index is 13.1. The Morgan fingerprint density at radius 1 is 1.00 bits per heavy atom. The van der Waals surface area contributed by atoms with Crippen LogP contribution in [0.4, 0.5) is 0 Å². The molecule has 0 aliphatic carbocycles. The van der Waals surface area contributed by atoms with Crippen molar-refractivity contribution in [3.63, 3.8) is 0 Å². The second kappa shape index (κ2) is 11.9. The lowest BCUT2D eigenvalue weighted by Crippen LogP contribution is -2.54. The van der Waals surface area contributed by atoms with Crippen LogP contribution in [-0.4, -0.2) is 55.1 Å². The Morgan fingerprint density at radius 2 is 1.72 bits per heavy atom. The van der Waals surface area contributed by atoms with Crippen LogP contribution in [0.2, 0.25) is 0 Å². The number of aryl methyl sites for hydroxylation is 1. The molecule has 0 aromatic heterocycles. The first-order valence-corrected chi connectivity index (χ1v) is 12.7. The molecule has 0 bridgehead atoms. The Morgan fingerprint density at radius 3 is 2.44 bits per heavy atom. The number of nitrogens with zero attached hydrogens (tertiary/aromatic N) is 1. The summed E-state index contributed by atoms with van der Waals surface area (Å²) in [6.45, 7) is 5.87. The van der Waals surface area contributed by atoms with Gasteiger partial charge in [-0.3, -0.25) is 14.4 Å². The molecule has 2 aliphatic rings. The predicted octanol–water partition coefficient (Wildman–Crippen LogP) is 3.16. The molecule has 1 unspecified atom stereocenters. The zero-order valence-electron chi connectivity index (χ0n) is 21.0. The predicted molar refractivity (Wildman–Crippen MR) is 136 cm³/mol. The molecular weight excluding hydrogens is 458 g/mol. The molecule has 8 heteroatoms. The van der Waals surface area contributed by atoms with Crippen LogP contribution in [0, 0.1) is 11.8 Å². The van der Waals surface area contributed by atoms with Crippen LogP contribution in [-0.2, 0) is 16.0 Å². The minimum absolute atomic E-state index is 0.0618. The van der Waals surface area contributed by atoms with E-state index in [0.717, 1.165) is 5.56 Å². The molecule has 3 amide bonds. The summed E-state index contributed by atoms with van der Waals surface area (Å²) in [4.78, 5) is 40.9. The lowest BCUT2D eigenvalue weighted by Gasteiger charge is -2.36. The van der Waals surface area contributed by atoms with Gasteiger partial charge in [0.15, 0.2) is 11.5 Å². The van der Waals surface area contributed by atoms with Crippen molar-refractivity contribution in [3.8, 4) is 11.5 Å². The van der Waals surface area contributed by atoms with Crippen molar-refractivity contribution in [2.24, 2.45) is 11.8 Å². The number of hydrogen-bond donors (Lipinski definition) is 2. The minimum atomic E-state index is -0.678. The Balaban J connectivity index is 1.37. The van der Waals surface area contributed by atoms with Crippen molar-refractivity contribution in [2.45, 2.75) is 45.6 Å². The highest BCUT2D eigenvalue weighted by Crippen LogP contribution is 2.32. The van der Waals surface area contributed by atoms with Crippen LogP contribution in [0.1, 0.15) is 49.0 Å². The summed E-state index contributed by atoms with van der Waals surface area (Å²) in [5.74, 6) is 0.956. The molecule has 2 heterocycles. The van der Waals surface area contributed by atoms with Gasteiger partial charge in [0.2, 0.25) is 18.6 Å². The zero-order chi connectivity index (χ0) is 25.5. The molecule has 0 spiro atoms. The Hall–Kier alpha value is -3.55. The van der Waals surface area contributed by atoms with Crippen LogP contribution in [0.5, 0.6) is 11.5 Å². The van der Waals surface area contributed by atoms with E-state index >= 15 is 0 Å². The number of likely N-dealkylation sites (tertiary alicyclic amines) is 1. The van der Waals surface area contributed by atoms with E-state index in [4.69, 9.17) is 9.47 Å². The average molecular weight is 494 g/mol. The summed E-state index contributed by atoms with van der Waals surface area (Å²) in [6.07, 6.45) is 2.48.